The summed E-state index contributed by atoms with van der Waals surface area (Å²) in [7, 11) is 0. The molecule has 7 heterocycles. The van der Waals surface area contributed by atoms with E-state index in [-0.39, 0.29) is 37.0 Å². The number of aromatic nitrogens is 3. The second kappa shape index (κ2) is 11.5. The molecule has 234 valence electrons. The number of carbonyl (C=O) groups excluding carboxylic acids is 1. The first-order valence-corrected chi connectivity index (χ1v) is 15.6. The van der Waals surface area contributed by atoms with Gasteiger partial charge in [0, 0.05) is 49.4 Å². The van der Waals surface area contributed by atoms with E-state index in [1.807, 2.05) is 11.8 Å². The molecular weight excluding hydrogens is 594 g/mol. The van der Waals surface area contributed by atoms with Crippen molar-refractivity contribution in [2.75, 3.05) is 57.4 Å². The van der Waals surface area contributed by atoms with Gasteiger partial charge in [-0.2, -0.15) is 9.97 Å². The van der Waals surface area contributed by atoms with Gasteiger partial charge in [-0.3, -0.25) is 9.88 Å². The topological polar surface area (TPSA) is 102 Å². The molecule has 5 aliphatic heterocycles. The number of hydrogen-bond acceptors (Lipinski definition) is 10. The van der Waals surface area contributed by atoms with Crippen molar-refractivity contribution in [3.8, 4) is 17.3 Å². The van der Waals surface area contributed by atoms with Gasteiger partial charge in [-0.25, -0.2) is 13.6 Å². The van der Waals surface area contributed by atoms with Crippen molar-refractivity contribution >= 4 is 34.5 Å². The Hall–Kier alpha value is -3.35. The molecule has 6 bridgehead atoms. The fourth-order valence-corrected chi connectivity index (χ4v) is 7.46. The highest BCUT2D eigenvalue weighted by atomic mass is 35.5. The highest BCUT2D eigenvalue weighted by Crippen LogP contribution is 2.41. The first-order valence-electron chi connectivity index (χ1n) is 15.2. The normalized spacial score (nSPS) is 27.6. The molecule has 1 aromatic carbocycles. The molecule has 0 saturated carbocycles. The van der Waals surface area contributed by atoms with E-state index in [2.05, 4.69) is 20.2 Å². The summed E-state index contributed by atoms with van der Waals surface area (Å²) in [6.45, 7) is 5.02. The summed E-state index contributed by atoms with van der Waals surface area (Å²) >= 11 is 6.59. The van der Waals surface area contributed by atoms with Crippen molar-refractivity contribution in [3.63, 3.8) is 0 Å². The van der Waals surface area contributed by atoms with Crippen molar-refractivity contribution in [2.24, 2.45) is 0 Å². The molecule has 8 rings (SSSR count). The minimum atomic E-state index is -0.978. The van der Waals surface area contributed by atoms with Crippen LogP contribution >= 0.6 is 11.6 Å². The van der Waals surface area contributed by atoms with Crippen molar-refractivity contribution in [1.29, 1.82) is 0 Å². The van der Waals surface area contributed by atoms with E-state index < -0.39 is 29.3 Å². The summed E-state index contributed by atoms with van der Waals surface area (Å²) in [5, 5.41) is 4.17. The molecule has 2 aromatic heterocycles. The van der Waals surface area contributed by atoms with Crippen LogP contribution in [0.4, 0.5) is 19.4 Å². The van der Waals surface area contributed by atoms with Crippen LogP contribution in [-0.2, 0) is 15.9 Å². The van der Waals surface area contributed by atoms with Crippen molar-refractivity contribution in [1.82, 2.24) is 25.2 Å². The number of pyridine rings is 1. The van der Waals surface area contributed by atoms with Crippen LogP contribution in [0.3, 0.4) is 0 Å². The second-order valence-corrected chi connectivity index (χ2v) is 12.9. The molecule has 0 radical (unpaired) electrons. The molecule has 0 amide bonds. The van der Waals surface area contributed by atoms with E-state index in [4.69, 9.17) is 30.8 Å². The quantitative estimate of drug-likeness (QED) is 0.411. The third-order valence-corrected chi connectivity index (χ3v) is 9.61. The number of hydrogen-bond donors (Lipinski definition) is 1. The van der Waals surface area contributed by atoms with Gasteiger partial charge in [0.25, 0.3) is 0 Å². The Kier molecular flexibility index (Phi) is 7.70. The maximum atomic E-state index is 16.6. The van der Waals surface area contributed by atoms with Gasteiger partial charge in [0.15, 0.2) is 5.82 Å². The number of ether oxygens (including phenoxy) is 3. The zero-order valence-electron chi connectivity index (χ0n) is 24.6. The van der Waals surface area contributed by atoms with Crippen LogP contribution in [0.1, 0.15) is 38.2 Å². The van der Waals surface area contributed by atoms with E-state index in [0.717, 1.165) is 19.4 Å². The van der Waals surface area contributed by atoms with Crippen molar-refractivity contribution in [3.05, 3.63) is 40.8 Å². The lowest BCUT2D eigenvalue weighted by Gasteiger charge is -2.33. The molecule has 3 saturated heterocycles. The summed E-state index contributed by atoms with van der Waals surface area (Å²) in [5.74, 6) is -0.209. The number of benzene rings is 1. The molecule has 1 N–H and O–H groups in total. The molecule has 3 fully saturated rings. The Morgan fingerprint density at radius 1 is 1.25 bits per heavy atom. The number of halogens is 3. The predicted octanol–water partition coefficient (Wildman–Crippen LogP) is 4.71. The van der Waals surface area contributed by atoms with E-state index in [0.29, 0.717) is 72.8 Å². The summed E-state index contributed by atoms with van der Waals surface area (Å²) < 4.78 is 48.6. The zero-order chi connectivity index (χ0) is 30.5. The highest BCUT2D eigenvalue weighted by molar-refractivity contribution is 6.31. The van der Waals surface area contributed by atoms with Crippen LogP contribution in [0.5, 0.6) is 6.01 Å². The number of nitrogens with one attached hydrogen (secondary N) is 1. The van der Waals surface area contributed by atoms with Crippen molar-refractivity contribution in [2.45, 2.75) is 56.3 Å². The molecule has 0 aliphatic carbocycles. The number of nitrogens with zero attached hydrogens (tertiary/aromatic N) is 5. The Balaban J connectivity index is 1.37. The molecule has 0 spiro atoms. The van der Waals surface area contributed by atoms with E-state index in [1.54, 1.807) is 24.4 Å². The molecule has 3 aromatic rings. The summed E-state index contributed by atoms with van der Waals surface area (Å²) in [4.78, 5) is 30.8. The average molecular weight is 629 g/mol. The predicted molar refractivity (Wildman–Crippen MR) is 161 cm³/mol. The molecule has 5 aliphatic rings. The molecule has 3 atom stereocenters. The number of anilines is 1. The largest absolute Gasteiger partial charge is 0.508 e. The van der Waals surface area contributed by atoms with E-state index >= 15 is 4.39 Å². The van der Waals surface area contributed by atoms with Gasteiger partial charge in [-0.1, -0.05) is 23.7 Å². The lowest BCUT2D eigenvalue weighted by Crippen LogP contribution is -2.47. The van der Waals surface area contributed by atoms with Gasteiger partial charge in [0.1, 0.15) is 35.4 Å². The van der Waals surface area contributed by atoms with Gasteiger partial charge >= 0.3 is 12.2 Å². The fourth-order valence-electron chi connectivity index (χ4n) is 7.19. The Bertz CT molecular complexity index is 1600. The maximum absolute atomic E-state index is 16.6. The third-order valence-electron chi connectivity index (χ3n) is 9.25. The molecule has 13 heteroatoms. The second-order valence-electron chi connectivity index (χ2n) is 12.5. The zero-order valence-corrected chi connectivity index (χ0v) is 25.3. The SMILES string of the molecule is C[C@@]12CNCCN(C1)c1nc(OC[C@@]34CCCN3CC(F)C4)nc3c(F)c(ncc13)-c1cccc(Cl)c1CCCOC(=O)O2. The third kappa shape index (κ3) is 5.41. The highest BCUT2D eigenvalue weighted by Gasteiger charge is 2.49. The average Bonchev–Trinajstić information content (AvgIpc) is 3.44. The maximum Gasteiger partial charge on any atom is 0.508 e. The first-order chi connectivity index (χ1) is 21.2. The van der Waals surface area contributed by atoms with Gasteiger partial charge in [-0.15, -0.1) is 0 Å². The van der Waals surface area contributed by atoms with Gasteiger partial charge in [0.05, 0.1) is 24.1 Å². The number of rotatable bonds is 3. The van der Waals surface area contributed by atoms with Crippen molar-refractivity contribution < 1.29 is 27.8 Å². The minimum Gasteiger partial charge on any atom is -0.461 e. The minimum absolute atomic E-state index is 0.00115. The Morgan fingerprint density at radius 3 is 3.02 bits per heavy atom. The summed E-state index contributed by atoms with van der Waals surface area (Å²) in [6, 6.07) is 5.25. The lowest BCUT2D eigenvalue weighted by molar-refractivity contribution is -0.0192. The van der Waals surface area contributed by atoms with Crippen LogP contribution in [0.15, 0.2) is 24.4 Å². The molecular formula is C31H35ClF2N6O4. The molecule has 10 nitrogen and oxygen atoms in total. The van der Waals surface area contributed by atoms with E-state index in [9.17, 15) is 9.18 Å². The molecule has 44 heavy (non-hydrogen) atoms. The van der Waals surface area contributed by atoms with Gasteiger partial charge in [0.2, 0.25) is 0 Å². The van der Waals surface area contributed by atoms with Crippen LogP contribution in [-0.4, -0.2) is 95.8 Å². The Labute approximate surface area is 259 Å². The van der Waals surface area contributed by atoms with Crippen LogP contribution in [0.25, 0.3) is 22.2 Å². The summed E-state index contributed by atoms with van der Waals surface area (Å²) in [5.41, 5.74) is -0.0248. The number of alkyl halides is 1. The van der Waals surface area contributed by atoms with Crippen LogP contribution in [0.2, 0.25) is 5.02 Å². The van der Waals surface area contributed by atoms with Gasteiger partial charge < -0.3 is 24.4 Å². The smallest absolute Gasteiger partial charge is 0.461 e. The monoisotopic (exact) mass is 628 g/mol. The van der Waals surface area contributed by atoms with Crippen LogP contribution in [0, 0.1) is 5.82 Å². The van der Waals surface area contributed by atoms with Gasteiger partial charge in [-0.05, 0) is 50.8 Å². The number of fused-ring (bicyclic) bond motifs is 7. The number of carbonyl (C=O) groups is 1. The first kappa shape index (κ1) is 29.4. The molecule has 1 unspecified atom stereocenters. The van der Waals surface area contributed by atoms with Crippen LogP contribution < -0.4 is 15.0 Å². The fraction of sp³-hybridized carbons (Fsp3) is 0.548. The summed E-state index contributed by atoms with van der Waals surface area (Å²) in [6.07, 6.45) is 2.94. The standard InChI is InChI=1S/C31H35ClF2N6O4/c1-30-16-35-9-11-39(17-30)27-22-14-36-25(21-5-2-7-23(32)20(21)6-3-12-42-29(41)44-30)24(34)26(22)37-28(38-27)43-18-31-8-4-10-40(31)15-19(33)13-31/h2,5,7,14,19,35H,3-4,6,8-13,15-18H2,1H3/t19?,30-,31+/m1/s1. The lowest BCUT2D eigenvalue weighted by atomic mass is 9.95. The Morgan fingerprint density at radius 2 is 2.14 bits per heavy atom. The van der Waals surface area contributed by atoms with E-state index in [1.165, 1.54) is 0 Å².